The van der Waals surface area contributed by atoms with Gasteiger partial charge in [-0.2, -0.15) is 18.3 Å². The van der Waals surface area contributed by atoms with Gasteiger partial charge in [0.25, 0.3) is 5.91 Å². The molecule has 12 heteroatoms. The Balaban J connectivity index is 1.64. The fourth-order valence-corrected chi connectivity index (χ4v) is 4.47. The molecule has 8 nitrogen and oxygen atoms in total. The van der Waals surface area contributed by atoms with E-state index in [1.807, 2.05) is 0 Å². The van der Waals surface area contributed by atoms with Crippen LogP contribution >= 0.6 is 0 Å². The molecule has 1 N–H and O–H groups in total. The Labute approximate surface area is 209 Å². The van der Waals surface area contributed by atoms with E-state index < -0.39 is 47.7 Å². The minimum Gasteiger partial charge on any atom is -0.493 e. The zero-order valence-electron chi connectivity index (χ0n) is 20.2. The van der Waals surface area contributed by atoms with Crippen molar-refractivity contribution in [3.63, 3.8) is 0 Å². The second kappa shape index (κ2) is 10.1. The lowest BCUT2D eigenvalue weighted by Crippen LogP contribution is -2.45. The Morgan fingerprint density at radius 3 is 2.49 bits per heavy atom. The zero-order chi connectivity index (χ0) is 26.9. The number of alkyl halides is 3. The molecule has 0 aliphatic carbocycles. The fourth-order valence-electron chi connectivity index (χ4n) is 4.47. The summed E-state index contributed by atoms with van der Waals surface area (Å²) in [7, 11) is 4.23. The van der Waals surface area contributed by atoms with Crippen molar-refractivity contribution >= 4 is 11.8 Å². The molecule has 0 fully saturated rings. The van der Waals surface area contributed by atoms with E-state index in [-0.39, 0.29) is 6.54 Å². The van der Waals surface area contributed by atoms with E-state index >= 15 is 0 Å². The maximum absolute atomic E-state index is 14.2. The van der Waals surface area contributed by atoms with E-state index in [1.165, 1.54) is 44.4 Å². The summed E-state index contributed by atoms with van der Waals surface area (Å²) in [5, 5.41) is 5.58. The molecule has 2 aromatic carbocycles. The Kier molecular flexibility index (Phi) is 7.10. The summed E-state index contributed by atoms with van der Waals surface area (Å²) in [5.74, 6) is -1.22. The van der Waals surface area contributed by atoms with Crippen LogP contribution in [0.2, 0.25) is 0 Å². The van der Waals surface area contributed by atoms with Crippen molar-refractivity contribution in [2.75, 3.05) is 27.3 Å². The first-order valence-electron chi connectivity index (χ1n) is 11.2. The highest BCUT2D eigenvalue weighted by Gasteiger charge is 2.39. The maximum atomic E-state index is 14.2. The summed E-state index contributed by atoms with van der Waals surface area (Å²) in [4.78, 5) is 27.3. The first kappa shape index (κ1) is 26.0. The third-order valence-corrected chi connectivity index (χ3v) is 6.10. The second-order valence-corrected chi connectivity index (χ2v) is 8.45. The second-order valence-electron chi connectivity index (χ2n) is 8.45. The minimum atomic E-state index is -4.84. The van der Waals surface area contributed by atoms with Gasteiger partial charge in [-0.1, -0.05) is 12.1 Å². The van der Waals surface area contributed by atoms with E-state index in [2.05, 4.69) is 10.4 Å². The van der Waals surface area contributed by atoms with Crippen LogP contribution in [0.4, 0.5) is 17.6 Å². The van der Waals surface area contributed by atoms with Crippen molar-refractivity contribution in [2.24, 2.45) is 7.05 Å². The molecule has 0 spiro atoms. The Morgan fingerprint density at radius 1 is 1.14 bits per heavy atom. The van der Waals surface area contributed by atoms with Gasteiger partial charge in [0.2, 0.25) is 5.91 Å². The summed E-state index contributed by atoms with van der Waals surface area (Å²) < 4.78 is 65.6. The third-order valence-electron chi connectivity index (χ3n) is 6.10. The highest BCUT2D eigenvalue weighted by atomic mass is 19.4. The summed E-state index contributed by atoms with van der Waals surface area (Å²) in [5.41, 5.74) is 0.00117. The molecule has 0 saturated heterocycles. The van der Waals surface area contributed by atoms with Gasteiger partial charge in [0.15, 0.2) is 17.2 Å². The number of hydrogen-bond donors (Lipinski definition) is 1. The van der Waals surface area contributed by atoms with Crippen LogP contribution in [0.5, 0.6) is 11.5 Å². The number of aromatic nitrogens is 2. The smallest absolute Gasteiger partial charge is 0.435 e. The number of aryl methyl sites for hydroxylation is 1. The maximum Gasteiger partial charge on any atom is 0.435 e. The summed E-state index contributed by atoms with van der Waals surface area (Å²) in [6.07, 6.45) is -3.46. The van der Waals surface area contributed by atoms with Gasteiger partial charge in [0.1, 0.15) is 5.82 Å². The number of amides is 2. The summed E-state index contributed by atoms with van der Waals surface area (Å²) in [6.45, 7) is -0.349. The van der Waals surface area contributed by atoms with Gasteiger partial charge in [-0.05, 0) is 47.4 Å². The summed E-state index contributed by atoms with van der Waals surface area (Å²) >= 11 is 0. The number of carbonyl (C=O) groups is 2. The predicted octanol–water partition coefficient (Wildman–Crippen LogP) is 3.50. The molecule has 1 unspecified atom stereocenters. The van der Waals surface area contributed by atoms with E-state index in [4.69, 9.17) is 9.47 Å². The molecule has 0 saturated carbocycles. The zero-order valence-corrected chi connectivity index (χ0v) is 20.2. The van der Waals surface area contributed by atoms with E-state index in [0.29, 0.717) is 29.0 Å². The molecule has 37 heavy (non-hydrogen) atoms. The molecular formula is C25H24F4N4O4. The molecular weight excluding hydrogens is 496 g/mol. The molecule has 0 radical (unpaired) electrons. The Bertz CT molecular complexity index is 1340. The number of carbonyl (C=O) groups excluding carboxylic acids is 2. The quantitative estimate of drug-likeness (QED) is 0.503. The first-order valence-corrected chi connectivity index (χ1v) is 11.2. The van der Waals surface area contributed by atoms with Crippen LogP contribution in [0.15, 0.2) is 42.6 Å². The fraction of sp³-hybridized carbons (Fsp3) is 0.320. The van der Waals surface area contributed by atoms with E-state index in [1.54, 1.807) is 18.2 Å². The van der Waals surface area contributed by atoms with Crippen LogP contribution in [0.25, 0.3) is 0 Å². The molecule has 4 rings (SSSR count). The molecule has 1 aliphatic heterocycles. The van der Waals surface area contributed by atoms with Crippen LogP contribution in [-0.4, -0.2) is 53.8 Å². The predicted molar refractivity (Wildman–Crippen MR) is 124 cm³/mol. The number of methoxy groups -OCH3 is 2. The molecule has 3 aromatic rings. The minimum absolute atomic E-state index is 0.221. The van der Waals surface area contributed by atoms with Crippen LogP contribution in [0, 0.1) is 5.82 Å². The molecule has 1 aliphatic rings. The SMILES string of the molecule is COc1cc2c(cc1OC)C(c1cccc(F)c1)N(C(=O)CNC(=O)c1cn(C)nc1C(F)(F)F)CC2. The lowest BCUT2D eigenvalue weighted by Gasteiger charge is -2.38. The largest absolute Gasteiger partial charge is 0.493 e. The highest BCUT2D eigenvalue weighted by molar-refractivity contribution is 5.97. The third kappa shape index (κ3) is 5.23. The number of fused-ring (bicyclic) bond motifs is 1. The van der Waals surface area contributed by atoms with Gasteiger partial charge >= 0.3 is 6.18 Å². The Morgan fingerprint density at radius 2 is 1.84 bits per heavy atom. The van der Waals surface area contributed by atoms with Gasteiger partial charge in [0, 0.05) is 19.8 Å². The first-order chi connectivity index (χ1) is 17.5. The number of rotatable bonds is 6. The monoisotopic (exact) mass is 520 g/mol. The van der Waals surface area contributed by atoms with Crippen molar-refractivity contribution in [1.29, 1.82) is 0 Å². The van der Waals surface area contributed by atoms with Crippen molar-refractivity contribution in [1.82, 2.24) is 20.0 Å². The van der Waals surface area contributed by atoms with Crippen molar-refractivity contribution in [2.45, 2.75) is 18.6 Å². The Hall–Kier alpha value is -4.09. The van der Waals surface area contributed by atoms with Gasteiger partial charge in [-0.3, -0.25) is 14.3 Å². The van der Waals surface area contributed by atoms with E-state index in [0.717, 1.165) is 16.4 Å². The number of nitrogens with zero attached hydrogens (tertiary/aromatic N) is 3. The van der Waals surface area contributed by atoms with Crippen molar-refractivity contribution in [3.8, 4) is 11.5 Å². The highest BCUT2D eigenvalue weighted by Crippen LogP contribution is 2.41. The molecule has 196 valence electrons. The van der Waals surface area contributed by atoms with Crippen LogP contribution in [-0.2, 0) is 24.4 Å². The number of ether oxygens (including phenoxy) is 2. The molecule has 2 heterocycles. The average molecular weight is 520 g/mol. The normalized spacial score (nSPS) is 15.2. The number of halogens is 4. The average Bonchev–Trinajstić information content (AvgIpc) is 3.27. The van der Waals surface area contributed by atoms with Gasteiger partial charge in [-0.15, -0.1) is 0 Å². The topological polar surface area (TPSA) is 85.7 Å². The van der Waals surface area contributed by atoms with E-state index in [9.17, 15) is 27.2 Å². The van der Waals surface area contributed by atoms with Gasteiger partial charge < -0.3 is 19.7 Å². The lowest BCUT2D eigenvalue weighted by molar-refractivity contribution is -0.141. The van der Waals surface area contributed by atoms with Crippen molar-refractivity contribution < 1.29 is 36.6 Å². The van der Waals surface area contributed by atoms with Gasteiger partial charge in [-0.25, -0.2) is 4.39 Å². The molecule has 1 atom stereocenters. The molecule has 1 aromatic heterocycles. The number of hydrogen-bond acceptors (Lipinski definition) is 5. The van der Waals surface area contributed by atoms with Crippen LogP contribution in [0.1, 0.15) is 38.8 Å². The summed E-state index contributed by atoms with van der Waals surface area (Å²) in [6, 6.07) is 8.56. The molecule has 2 amide bonds. The van der Waals surface area contributed by atoms with Crippen LogP contribution in [0.3, 0.4) is 0 Å². The molecule has 0 bridgehead atoms. The van der Waals surface area contributed by atoms with Crippen LogP contribution < -0.4 is 14.8 Å². The number of benzene rings is 2. The van der Waals surface area contributed by atoms with Gasteiger partial charge in [0.05, 0.1) is 32.4 Å². The lowest BCUT2D eigenvalue weighted by atomic mass is 9.87. The standard InChI is InChI=1S/C25H24F4N4O4/c1-32-13-18(23(31-32)25(27,28)29)24(35)30-12-21(34)33-8-7-14-10-19(36-2)20(37-3)11-17(14)22(33)15-5-4-6-16(26)9-15/h4-6,9-11,13,22H,7-8,12H2,1-3H3,(H,30,35). The number of nitrogens with one attached hydrogen (secondary N) is 1. The van der Waals surface area contributed by atoms with Crippen molar-refractivity contribution in [3.05, 3.63) is 76.4 Å².